The van der Waals surface area contributed by atoms with Crippen LogP contribution in [0.4, 0.5) is 0 Å². The van der Waals surface area contributed by atoms with Crippen molar-refractivity contribution in [3.05, 3.63) is 45.7 Å². The summed E-state index contributed by atoms with van der Waals surface area (Å²) in [5, 5.41) is 16.5. The Kier molecular flexibility index (Phi) is 5.87. The van der Waals surface area contributed by atoms with E-state index in [1.807, 2.05) is 0 Å². The molecule has 3 rings (SSSR count). The molecule has 2 aromatic heterocycles. The predicted molar refractivity (Wildman–Crippen MR) is 103 cm³/mol. The fourth-order valence-electron chi connectivity index (χ4n) is 2.13. The molecule has 0 aliphatic heterocycles. The van der Waals surface area contributed by atoms with Gasteiger partial charge in [0.15, 0.2) is 10.5 Å². The molecule has 0 bridgehead atoms. The van der Waals surface area contributed by atoms with Gasteiger partial charge in [-0.1, -0.05) is 0 Å². The maximum atomic E-state index is 11.5. The summed E-state index contributed by atoms with van der Waals surface area (Å²) >= 11 is 4.08. The monoisotopic (exact) mass is 451 g/mol. The molecule has 0 saturated carbocycles. The number of thioether (sulfide) groups is 1. The second-order valence-electron chi connectivity index (χ2n) is 5.13. The first kappa shape index (κ1) is 19.1. The minimum atomic E-state index is -1.11. The Morgan fingerprint density at radius 3 is 2.52 bits per heavy atom. The number of hydrogen-bond donors (Lipinski definition) is 2. The summed E-state index contributed by atoms with van der Waals surface area (Å²) in [6.45, 7) is 0. The molecule has 0 aliphatic carbocycles. The number of carbonyl (C=O) groups is 1. The fourth-order valence-corrected chi connectivity index (χ4v) is 3.14. The van der Waals surface area contributed by atoms with Crippen LogP contribution in [0.3, 0.4) is 0 Å². The smallest absolute Gasteiger partial charge is 0.342 e. The Morgan fingerprint density at radius 1 is 1.26 bits per heavy atom. The van der Waals surface area contributed by atoms with Crippen molar-refractivity contribution >= 4 is 39.7 Å². The molecule has 0 atom stereocenters. The molecule has 0 spiro atoms. The van der Waals surface area contributed by atoms with E-state index >= 15 is 0 Å². The van der Waals surface area contributed by atoms with E-state index in [1.54, 1.807) is 44.6 Å². The second kappa shape index (κ2) is 8.31. The lowest BCUT2D eigenvalue weighted by Crippen LogP contribution is -1.97. The van der Waals surface area contributed by atoms with Crippen molar-refractivity contribution in [1.82, 2.24) is 15.2 Å². The number of carboxylic acid groups (broad SMARTS) is 1. The number of furan rings is 1. The summed E-state index contributed by atoms with van der Waals surface area (Å²) < 4.78 is 16.3. The number of rotatable bonds is 7. The van der Waals surface area contributed by atoms with Crippen molar-refractivity contribution < 1.29 is 23.8 Å². The molecule has 8 nitrogen and oxygen atoms in total. The number of hydrogen-bond acceptors (Lipinski definition) is 7. The Hall–Kier alpha value is -2.72. The van der Waals surface area contributed by atoms with Crippen LogP contribution in [0.25, 0.3) is 17.5 Å². The van der Waals surface area contributed by atoms with E-state index in [0.717, 1.165) is 11.8 Å². The van der Waals surface area contributed by atoms with Crippen LogP contribution in [-0.4, -0.2) is 40.5 Å². The summed E-state index contributed by atoms with van der Waals surface area (Å²) in [5.74, 6) is 0.955. The minimum Gasteiger partial charge on any atom is -0.497 e. The van der Waals surface area contributed by atoms with Crippen molar-refractivity contribution in [2.75, 3.05) is 14.2 Å². The summed E-state index contributed by atoms with van der Waals surface area (Å²) in [5.41, 5.74) is 0.696. The van der Waals surface area contributed by atoms with E-state index in [-0.39, 0.29) is 10.1 Å². The normalized spacial score (nSPS) is 11.4. The molecule has 3 aromatic rings. The largest absolute Gasteiger partial charge is 0.497 e. The minimum absolute atomic E-state index is 0.0191. The Morgan fingerprint density at radius 2 is 1.96 bits per heavy atom. The first-order chi connectivity index (χ1) is 13.0. The number of benzene rings is 1. The van der Waals surface area contributed by atoms with Crippen molar-refractivity contribution in [3.63, 3.8) is 0 Å². The molecule has 140 valence electrons. The van der Waals surface area contributed by atoms with Crippen LogP contribution in [0.15, 0.2) is 49.5 Å². The van der Waals surface area contributed by atoms with Gasteiger partial charge < -0.3 is 19.0 Å². The number of aromatic nitrogens is 3. The van der Waals surface area contributed by atoms with E-state index in [0.29, 0.717) is 33.3 Å². The number of nitrogens with zero attached hydrogens (tertiary/aromatic N) is 2. The number of nitrogens with one attached hydrogen (secondary N) is 1. The lowest BCUT2D eigenvalue weighted by molar-refractivity contribution is -0.131. The molecule has 27 heavy (non-hydrogen) atoms. The van der Waals surface area contributed by atoms with E-state index in [4.69, 9.17) is 13.9 Å². The van der Waals surface area contributed by atoms with Gasteiger partial charge in [0.1, 0.15) is 22.2 Å². The average Bonchev–Trinajstić information content (AvgIpc) is 3.29. The van der Waals surface area contributed by atoms with Crippen LogP contribution in [0.1, 0.15) is 5.76 Å². The Bertz CT molecular complexity index is 976. The van der Waals surface area contributed by atoms with Crippen molar-refractivity contribution in [3.8, 4) is 22.9 Å². The van der Waals surface area contributed by atoms with Gasteiger partial charge in [-0.25, -0.2) is 9.78 Å². The average molecular weight is 452 g/mol. The molecule has 0 saturated heterocycles. The van der Waals surface area contributed by atoms with E-state index in [9.17, 15) is 9.90 Å². The van der Waals surface area contributed by atoms with Crippen molar-refractivity contribution in [2.45, 2.75) is 5.16 Å². The number of carboxylic acids is 1. The van der Waals surface area contributed by atoms with Crippen LogP contribution in [0.2, 0.25) is 0 Å². The molecule has 0 aliphatic rings. The number of methoxy groups -OCH3 is 2. The molecule has 2 heterocycles. The standard InChI is InChI=1S/C17H14BrN3O5S/c1-24-11-5-9(6-12(7-11)25-2)15-19-17(21-20-15)27-13(16(22)23)8-10-3-4-14(18)26-10/h3-8H,1-2H3,(H,22,23)(H,19,20,21)/b13-8-. The summed E-state index contributed by atoms with van der Waals surface area (Å²) in [4.78, 5) is 15.9. The fraction of sp³-hybridized carbons (Fsp3) is 0.118. The molecule has 0 unspecified atom stereocenters. The maximum Gasteiger partial charge on any atom is 0.342 e. The zero-order chi connectivity index (χ0) is 19.4. The highest BCUT2D eigenvalue weighted by Crippen LogP contribution is 2.31. The molecule has 0 amide bonds. The highest BCUT2D eigenvalue weighted by atomic mass is 79.9. The zero-order valence-corrected chi connectivity index (χ0v) is 16.6. The van der Waals surface area contributed by atoms with Crippen LogP contribution in [-0.2, 0) is 4.79 Å². The van der Waals surface area contributed by atoms with Crippen molar-refractivity contribution in [2.24, 2.45) is 0 Å². The quantitative estimate of drug-likeness (QED) is 0.408. The maximum absolute atomic E-state index is 11.5. The first-order valence-electron chi connectivity index (χ1n) is 7.52. The number of H-pyrrole nitrogens is 1. The number of ether oxygens (including phenoxy) is 2. The SMILES string of the molecule is COc1cc(OC)cc(-c2nc(S/C(=C\c3ccc(Br)o3)C(=O)O)n[nH]2)c1. The van der Waals surface area contributed by atoms with E-state index in [1.165, 1.54) is 6.08 Å². The number of aliphatic carboxylic acids is 1. The van der Waals surface area contributed by atoms with Gasteiger partial charge in [0.25, 0.3) is 0 Å². The van der Waals surface area contributed by atoms with Gasteiger partial charge in [-0.05, 0) is 52.0 Å². The summed E-state index contributed by atoms with van der Waals surface area (Å²) in [6.07, 6.45) is 1.41. The second-order valence-corrected chi connectivity index (χ2v) is 6.92. The van der Waals surface area contributed by atoms with Crippen molar-refractivity contribution in [1.29, 1.82) is 0 Å². The highest BCUT2D eigenvalue weighted by molar-refractivity contribution is 9.10. The highest BCUT2D eigenvalue weighted by Gasteiger charge is 2.16. The Balaban J connectivity index is 1.86. The molecule has 2 N–H and O–H groups in total. The summed E-state index contributed by atoms with van der Waals surface area (Å²) in [7, 11) is 3.11. The molecule has 10 heteroatoms. The predicted octanol–water partition coefficient (Wildman–Crippen LogP) is 4.06. The molecule has 1 aromatic carbocycles. The van der Waals surface area contributed by atoms with Gasteiger partial charge in [-0.2, -0.15) is 0 Å². The van der Waals surface area contributed by atoms with Crippen LogP contribution < -0.4 is 9.47 Å². The van der Waals surface area contributed by atoms with Gasteiger partial charge >= 0.3 is 5.97 Å². The third-order valence-corrected chi connectivity index (χ3v) is 4.67. The van der Waals surface area contributed by atoms with Crippen LogP contribution in [0.5, 0.6) is 11.5 Å². The van der Waals surface area contributed by atoms with E-state index < -0.39 is 5.97 Å². The van der Waals surface area contributed by atoms with E-state index in [2.05, 4.69) is 31.1 Å². The Labute approximate surface area is 166 Å². The zero-order valence-electron chi connectivity index (χ0n) is 14.2. The van der Waals surface area contributed by atoms with Crippen LogP contribution in [0, 0.1) is 0 Å². The first-order valence-corrected chi connectivity index (χ1v) is 9.13. The number of aromatic amines is 1. The molecule has 0 fully saturated rings. The molecular formula is C17H14BrN3O5S. The lowest BCUT2D eigenvalue weighted by atomic mass is 10.2. The third-order valence-electron chi connectivity index (χ3n) is 3.37. The lowest BCUT2D eigenvalue weighted by Gasteiger charge is -2.06. The number of halogens is 1. The van der Waals surface area contributed by atoms with Gasteiger partial charge in [0.2, 0.25) is 5.16 Å². The third kappa shape index (κ3) is 4.72. The van der Waals surface area contributed by atoms with Gasteiger partial charge in [-0.3, -0.25) is 5.10 Å². The molecule has 0 radical (unpaired) electrons. The van der Waals surface area contributed by atoms with Gasteiger partial charge in [0.05, 0.1) is 14.2 Å². The topological polar surface area (TPSA) is 110 Å². The molecular weight excluding hydrogens is 438 g/mol. The van der Waals surface area contributed by atoms with Gasteiger partial charge in [-0.15, -0.1) is 5.10 Å². The van der Waals surface area contributed by atoms with Crippen LogP contribution >= 0.6 is 27.7 Å². The summed E-state index contributed by atoms with van der Waals surface area (Å²) in [6, 6.07) is 8.61. The van der Waals surface area contributed by atoms with Gasteiger partial charge in [0, 0.05) is 17.7 Å².